The average molecular weight is 364 g/mol. The molecule has 3 unspecified atom stereocenters. The van der Waals surface area contributed by atoms with Gasteiger partial charge < -0.3 is 0 Å². The van der Waals surface area contributed by atoms with E-state index in [0.29, 0.717) is 30.7 Å². The molecule has 1 fully saturated rings. The number of hydrogen-bond donors (Lipinski definition) is 0. The smallest absolute Gasteiger partial charge is 0.149 e. The first-order valence-corrected chi connectivity index (χ1v) is 8.95. The molecule has 27 heavy (non-hydrogen) atoms. The molecule has 1 aromatic rings. The second-order valence-corrected chi connectivity index (χ2v) is 6.99. The van der Waals surface area contributed by atoms with Gasteiger partial charge >= 0.3 is 0 Å². The van der Waals surface area contributed by atoms with E-state index in [2.05, 4.69) is 37.8 Å². The summed E-state index contributed by atoms with van der Waals surface area (Å²) in [5.74, 6) is 1.05. The van der Waals surface area contributed by atoms with Crippen molar-refractivity contribution in [1.29, 1.82) is 0 Å². The molecule has 0 saturated heterocycles. The Morgan fingerprint density at radius 1 is 1.30 bits per heavy atom. The van der Waals surface area contributed by atoms with E-state index >= 15 is 0 Å². The summed E-state index contributed by atoms with van der Waals surface area (Å²) in [6.45, 7) is 4.39. The van der Waals surface area contributed by atoms with Crippen molar-refractivity contribution >= 4 is 18.6 Å². The Bertz CT molecular complexity index is 880. The molecule has 138 valence electrons. The number of allylic oxidation sites excluding steroid dienone is 4. The minimum Gasteiger partial charge on any atom is -0.299 e. The van der Waals surface area contributed by atoms with Crippen LogP contribution in [0.4, 0.5) is 4.39 Å². The van der Waals surface area contributed by atoms with Crippen LogP contribution in [-0.2, 0) is 6.54 Å². The lowest BCUT2D eigenvalue weighted by Gasteiger charge is -2.15. The Kier molecular flexibility index (Phi) is 4.75. The monoisotopic (exact) mass is 364 g/mol. The molecule has 0 radical (unpaired) electrons. The summed E-state index contributed by atoms with van der Waals surface area (Å²) < 4.78 is 14.4. The van der Waals surface area contributed by atoms with Crippen LogP contribution in [0.25, 0.3) is 0 Å². The second kappa shape index (κ2) is 7.34. The number of nitrogens with zero attached hydrogens (tertiary/aromatic N) is 6. The van der Waals surface area contributed by atoms with Crippen LogP contribution in [0.2, 0.25) is 0 Å². The van der Waals surface area contributed by atoms with Crippen molar-refractivity contribution in [2.24, 2.45) is 26.9 Å². The molecule has 1 aromatic heterocycles. The van der Waals surface area contributed by atoms with Gasteiger partial charge in [-0.1, -0.05) is 0 Å². The van der Waals surface area contributed by atoms with E-state index in [4.69, 9.17) is 0 Å². The summed E-state index contributed by atoms with van der Waals surface area (Å²) in [5.41, 5.74) is 2.95. The molecule has 0 N–H and O–H groups in total. The lowest BCUT2D eigenvalue weighted by Crippen LogP contribution is -2.19. The van der Waals surface area contributed by atoms with Crippen LogP contribution in [-0.4, -0.2) is 47.2 Å². The first-order chi connectivity index (χ1) is 13.2. The summed E-state index contributed by atoms with van der Waals surface area (Å²) in [6, 6.07) is 0. The Morgan fingerprint density at radius 2 is 2.11 bits per heavy atom. The highest BCUT2D eigenvalue weighted by Gasteiger charge is 2.43. The van der Waals surface area contributed by atoms with Gasteiger partial charge in [-0.15, -0.1) is 0 Å². The summed E-state index contributed by atoms with van der Waals surface area (Å²) in [6.07, 6.45) is 13.4. The van der Waals surface area contributed by atoms with E-state index in [1.54, 1.807) is 29.6 Å². The van der Waals surface area contributed by atoms with E-state index in [-0.39, 0.29) is 11.7 Å². The summed E-state index contributed by atoms with van der Waals surface area (Å²) in [4.78, 5) is 16.6. The third-order valence-corrected chi connectivity index (χ3v) is 5.03. The summed E-state index contributed by atoms with van der Waals surface area (Å²) in [7, 11) is 1.88. The van der Waals surface area contributed by atoms with Gasteiger partial charge in [-0.05, 0) is 54.3 Å². The number of aromatic nitrogens is 2. The van der Waals surface area contributed by atoms with Crippen molar-refractivity contribution in [2.75, 3.05) is 13.6 Å². The fourth-order valence-corrected chi connectivity index (χ4v) is 3.57. The Hall–Kier alpha value is -2.96. The highest BCUT2D eigenvalue weighted by Crippen LogP contribution is 2.53. The van der Waals surface area contributed by atoms with E-state index in [1.165, 1.54) is 0 Å². The van der Waals surface area contributed by atoms with E-state index in [1.807, 2.05) is 19.4 Å². The van der Waals surface area contributed by atoms with Gasteiger partial charge in [0.15, 0.2) is 0 Å². The molecule has 4 rings (SSSR count). The standard InChI is InChI=1S/C20H21FN6/c1-22-4-3-5-23-11-20-24-9-14(10-25-20)16-8-15(16)13-6-18(21)17-12-27(2)26-19(17)7-13/h3-7,9-10,15-17H,1,8,11-12H2,2H3/b4-3-,23-5-. The minimum atomic E-state index is -0.198. The fraction of sp³-hybridized carbons (Fsp3) is 0.350. The van der Waals surface area contributed by atoms with E-state index in [9.17, 15) is 4.39 Å². The SMILES string of the molecule is C=N/C=C\C=N/Cc1ncc(C2CC2C2=CC3=NN(C)CC3C(F)=C2)cn1. The molecule has 3 atom stereocenters. The fourth-order valence-electron chi connectivity index (χ4n) is 3.57. The zero-order valence-electron chi connectivity index (χ0n) is 15.2. The van der Waals surface area contributed by atoms with Crippen LogP contribution in [0.5, 0.6) is 0 Å². The molecule has 7 heteroatoms. The quantitative estimate of drug-likeness (QED) is 0.729. The van der Waals surface area contributed by atoms with Crippen molar-refractivity contribution in [3.05, 3.63) is 59.6 Å². The lowest BCUT2D eigenvalue weighted by molar-refractivity contribution is 0.356. The van der Waals surface area contributed by atoms with Gasteiger partial charge in [0.2, 0.25) is 0 Å². The Morgan fingerprint density at radius 3 is 2.89 bits per heavy atom. The van der Waals surface area contributed by atoms with Gasteiger partial charge in [-0.25, -0.2) is 14.4 Å². The number of hydrogen-bond acceptors (Lipinski definition) is 6. The second-order valence-electron chi connectivity index (χ2n) is 6.99. The molecular formula is C20H21FN6. The van der Waals surface area contributed by atoms with Crippen LogP contribution in [0.3, 0.4) is 0 Å². The molecule has 1 aliphatic heterocycles. The maximum Gasteiger partial charge on any atom is 0.149 e. The van der Waals surface area contributed by atoms with Gasteiger partial charge in [0, 0.05) is 31.9 Å². The highest BCUT2D eigenvalue weighted by molar-refractivity contribution is 6.01. The third-order valence-electron chi connectivity index (χ3n) is 5.03. The predicted octanol–water partition coefficient (Wildman–Crippen LogP) is 3.08. The van der Waals surface area contributed by atoms with Crippen molar-refractivity contribution in [1.82, 2.24) is 15.0 Å². The number of fused-ring (bicyclic) bond motifs is 1. The number of halogens is 1. The van der Waals surface area contributed by atoms with Crippen molar-refractivity contribution in [3.63, 3.8) is 0 Å². The van der Waals surface area contributed by atoms with Gasteiger partial charge in [0.1, 0.15) is 11.7 Å². The van der Waals surface area contributed by atoms with Crippen LogP contribution < -0.4 is 0 Å². The first-order valence-electron chi connectivity index (χ1n) is 8.95. The maximum absolute atomic E-state index is 14.4. The van der Waals surface area contributed by atoms with E-state index in [0.717, 1.165) is 23.3 Å². The number of aliphatic imine (C=N–C) groups is 2. The molecule has 2 aliphatic carbocycles. The molecular weight excluding hydrogens is 343 g/mol. The van der Waals surface area contributed by atoms with Crippen molar-refractivity contribution < 1.29 is 4.39 Å². The average Bonchev–Trinajstić information content (AvgIpc) is 3.37. The predicted molar refractivity (Wildman–Crippen MR) is 105 cm³/mol. The topological polar surface area (TPSA) is 66.1 Å². The normalized spacial score (nSPS) is 26.8. The molecule has 0 aromatic carbocycles. The molecule has 0 spiro atoms. The van der Waals surface area contributed by atoms with Crippen LogP contribution in [0.1, 0.15) is 23.7 Å². The zero-order valence-corrected chi connectivity index (χ0v) is 15.2. The molecule has 0 amide bonds. The van der Waals surface area contributed by atoms with Gasteiger partial charge in [-0.2, -0.15) is 5.10 Å². The van der Waals surface area contributed by atoms with Crippen molar-refractivity contribution in [2.45, 2.75) is 18.9 Å². The lowest BCUT2D eigenvalue weighted by atomic mass is 9.91. The summed E-state index contributed by atoms with van der Waals surface area (Å²) >= 11 is 0. The molecule has 2 heterocycles. The van der Waals surface area contributed by atoms with Gasteiger partial charge in [0.25, 0.3) is 0 Å². The maximum atomic E-state index is 14.4. The zero-order chi connectivity index (χ0) is 18.8. The van der Waals surface area contributed by atoms with Crippen LogP contribution in [0.15, 0.2) is 63.3 Å². The first kappa shape index (κ1) is 17.5. The van der Waals surface area contributed by atoms with Crippen LogP contribution in [0, 0.1) is 11.8 Å². The minimum absolute atomic E-state index is 0.0774. The van der Waals surface area contributed by atoms with Crippen LogP contribution >= 0.6 is 0 Å². The number of rotatable bonds is 6. The Balaban J connectivity index is 1.40. The largest absolute Gasteiger partial charge is 0.299 e. The third kappa shape index (κ3) is 3.77. The molecule has 3 aliphatic rings. The Labute approximate surface area is 157 Å². The number of hydrazone groups is 1. The molecule has 1 saturated carbocycles. The molecule has 6 nitrogen and oxygen atoms in total. The van der Waals surface area contributed by atoms with Gasteiger partial charge in [-0.3, -0.25) is 15.0 Å². The van der Waals surface area contributed by atoms with Crippen molar-refractivity contribution in [3.8, 4) is 0 Å². The van der Waals surface area contributed by atoms with Gasteiger partial charge in [0.05, 0.1) is 24.7 Å². The highest BCUT2D eigenvalue weighted by atomic mass is 19.1. The molecule has 0 bridgehead atoms. The summed E-state index contributed by atoms with van der Waals surface area (Å²) in [5, 5.41) is 6.22. The van der Waals surface area contributed by atoms with E-state index < -0.39 is 0 Å².